The second-order valence-corrected chi connectivity index (χ2v) is 6.58. The Bertz CT molecular complexity index is 964. The lowest BCUT2D eigenvalue weighted by Gasteiger charge is -2.11. The van der Waals surface area contributed by atoms with Crippen molar-refractivity contribution in [2.45, 2.75) is 26.5 Å². The molecule has 6 nitrogen and oxygen atoms in total. The SMILES string of the molecule is CC(C)Oc1ccc(NC(N)=NCc2ccc(Oc3cccc(F)c3)nc2)cc1.I. The number of aliphatic imine (C=N–C) groups is 1. The summed E-state index contributed by atoms with van der Waals surface area (Å²) in [4.78, 5) is 8.52. The molecule has 0 aliphatic rings. The van der Waals surface area contributed by atoms with E-state index >= 15 is 0 Å². The number of pyridine rings is 1. The molecule has 0 fully saturated rings. The summed E-state index contributed by atoms with van der Waals surface area (Å²) in [5, 5.41) is 3.03. The van der Waals surface area contributed by atoms with Crippen molar-refractivity contribution in [1.82, 2.24) is 4.98 Å². The van der Waals surface area contributed by atoms with Gasteiger partial charge >= 0.3 is 0 Å². The molecule has 0 saturated heterocycles. The van der Waals surface area contributed by atoms with Crippen LogP contribution in [0, 0.1) is 5.82 Å². The predicted molar refractivity (Wildman–Crippen MR) is 127 cm³/mol. The molecule has 158 valence electrons. The third kappa shape index (κ3) is 7.51. The van der Waals surface area contributed by atoms with E-state index in [9.17, 15) is 4.39 Å². The second kappa shape index (κ2) is 11.3. The van der Waals surface area contributed by atoms with E-state index in [2.05, 4.69) is 15.3 Å². The third-order valence-electron chi connectivity index (χ3n) is 3.75. The van der Waals surface area contributed by atoms with Crippen LogP contribution in [0.5, 0.6) is 17.4 Å². The van der Waals surface area contributed by atoms with Crippen LogP contribution in [0.15, 0.2) is 71.9 Å². The Balaban J connectivity index is 0.00000320. The van der Waals surface area contributed by atoms with Crippen molar-refractivity contribution in [3.05, 3.63) is 78.2 Å². The zero-order chi connectivity index (χ0) is 20.6. The summed E-state index contributed by atoms with van der Waals surface area (Å²) in [5.74, 6) is 1.49. The van der Waals surface area contributed by atoms with Crippen LogP contribution in [-0.2, 0) is 6.54 Å². The monoisotopic (exact) mass is 522 g/mol. The highest BCUT2D eigenvalue weighted by Crippen LogP contribution is 2.20. The molecule has 8 heteroatoms. The molecule has 0 amide bonds. The number of nitrogens with one attached hydrogen (secondary N) is 1. The minimum Gasteiger partial charge on any atom is -0.491 e. The van der Waals surface area contributed by atoms with Gasteiger partial charge in [-0.1, -0.05) is 12.1 Å². The van der Waals surface area contributed by atoms with Crippen molar-refractivity contribution >= 4 is 35.6 Å². The van der Waals surface area contributed by atoms with Crippen molar-refractivity contribution < 1.29 is 13.9 Å². The lowest BCUT2D eigenvalue weighted by Crippen LogP contribution is -2.22. The number of aromatic nitrogens is 1. The summed E-state index contributed by atoms with van der Waals surface area (Å²) in [6.45, 7) is 4.32. The van der Waals surface area contributed by atoms with E-state index in [0.717, 1.165) is 17.0 Å². The number of nitrogens with zero attached hydrogens (tertiary/aromatic N) is 2. The number of benzene rings is 2. The standard InChI is InChI=1S/C22H23FN4O2.HI/c1-15(2)28-19-9-7-18(8-10-19)27-22(24)26-14-16-6-11-21(25-13-16)29-20-5-3-4-17(23)12-20;/h3-13,15H,14H2,1-2H3,(H3,24,26,27);1H. The van der Waals surface area contributed by atoms with Crippen LogP contribution < -0.4 is 20.5 Å². The highest BCUT2D eigenvalue weighted by molar-refractivity contribution is 14.0. The van der Waals surface area contributed by atoms with Crippen molar-refractivity contribution in [1.29, 1.82) is 0 Å². The van der Waals surface area contributed by atoms with Crippen LogP contribution in [0.3, 0.4) is 0 Å². The molecule has 0 radical (unpaired) electrons. The van der Waals surface area contributed by atoms with Gasteiger partial charge < -0.3 is 20.5 Å². The van der Waals surface area contributed by atoms with E-state index in [1.165, 1.54) is 12.1 Å². The Morgan fingerprint density at radius 1 is 1.10 bits per heavy atom. The van der Waals surface area contributed by atoms with Crippen molar-refractivity contribution in [2.24, 2.45) is 10.7 Å². The van der Waals surface area contributed by atoms with Gasteiger partial charge in [0.2, 0.25) is 5.88 Å². The molecule has 0 bridgehead atoms. The first-order chi connectivity index (χ1) is 14.0. The largest absolute Gasteiger partial charge is 0.491 e. The lowest BCUT2D eigenvalue weighted by atomic mass is 10.3. The minimum atomic E-state index is -0.362. The van der Waals surface area contributed by atoms with Gasteiger partial charge in [0.1, 0.15) is 17.3 Å². The smallest absolute Gasteiger partial charge is 0.219 e. The Kier molecular flexibility index (Phi) is 8.85. The van der Waals surface area contributed by atoms with Gasteiger partial charge in [0.15, 0.2) is 5.96 Å². The third-order valence-corrected chi connectivity index (χ3v) is 3.75. The summed E-state index contributed by atoms with van der Waals surface area (Å²) < 4.78 is 24.3. The fourth-order valence-corrected chi connectivity index (χ4v) is 2.47. The van der Waals surface area contributed by atoms with E-state index in [1.807, 2.05) is 44.2 Å². The van der Waals surface area contributed by atoms with E-state index in [-0.39, 0.29) is 35.9 Å². The lowest BCUT2D eigenvalue weighted by molar-refractivity contribution is 0.242. The molecule has 0 aliphatic heterocycles. The summed E-state index contributed by atoms with van der Waals surface area (Å²) in [6.07, 6.45) is 1.77. The van der Waals surface area contributed by atoms with Crippen LogP contribution >= 0.6 is 24.0 Å². The summed E-state index contributed by atoms with van der Waals surface area (Å²) in [7, 11) is 0. The van der Waals surface area contributed by atoms with Crippen molar-refractivity contribution in [2.75, 3.05) is 5.32 Å². The molecular weight excluding hydrogens is 498 g/mol. The Labute approximate surface area is 192 Å². The molecule has 0 unspecified atom stereocenters. The number of nitrogens with two attached hydrogens (primary N) is 1. The first-order valence-corrected chi connectivity index (χ1v) is 9.20. The van der Waals surface area contributed by atoms with Gasteiger partial charge in [0.25, 0.3) is 0 Å². The molecule has 30 heavy (non-hydrogen) atoms. The van der Waals surface area contributed by atoms with E-state index in [1.54, 1.807) is 24.4 Å². The van der Waals surface area contributed by atoms with Crippen LogP contribution in [0.1, 0.15) is 19.4 Å². The number of anilines is 1. The quantitative estimate of drug-likeness (QED) is 0.249. The highest BCUT2D eigenvalue weighted by atomic mass is 127. The maximum absolute atomic E-state index is 13.2. The number of hydrogen-bond acceptors (Lipinski definition) is 4. The Hall–Kier alpha value is -2.88. The number of ether oxygens (including phenoxy) is 2. The molecule has 2 aromatic carbocycles. The summed E-state index contributed by atoms with van der Waals surface area (Å²) in [6, 6.07) is 16.9. The molecule has 3 N–H and O–H groups in total. The maximum atomic E-state index is 13.2. The Morgan fingerprint density at radius 3 is 2.50 bits per heavy atom. The fourth-order valence-electron chi connectivity index (χ4n) is 2.47. The van der Waals surface area contributed by atoms with Gasteiger partial charge in [-0.25, -0.2) is 14.4 Å². The zero-order valence-corrected chi connectivity index (χ0v) is 19.0. The average Bonchev–Trinajstić information content (AvgIpc) is 2.69. The Morgan fingerprint density at radius 2 is 1.87 bits per heavy atom. The van der Waals surface area contributed by atoms with Crippen LogP contribution in [0.2, 0.25) is 0 Å². The summed E-state index contributed by atoms with van der Waals surface area (Å²) in [5.41, 5.74) is 7.63. The van der Waals surface area contributed by atoms with E-state index in [0.29, 0.717) is 24.1 Å². The first kappa shape index (κ1) is 23.4. The molecule has 0 atom stereocenters. The normalized spacial score (nSPS) is 11.0. The first-order valence-electron chi connectivity index (χ1n) is 9.20. The maximum Gasteiger partial charge on any atom is 0.219 e. The van der Waals surface area contributed by atoms with Crippen molar-refractivity contribution in [3.8, 4) is 17.4 Å². The van der Waals surface area contributed by atoms with E-state index in [4.69, 9.17) is 15.2 Å². The number of rotatable bonds is 7. The topological polar surface area (TPSA) is 81.8 Å². The van der Waals surface area contributed by atoms with Crippen LogP contribution in [0.25, 0.3) is 0 Å². The molecule has 0 spiro atoms. The molecular formula is C22H24FIN4O2. The molecule has 0 saturated carbocycles. The average molecular weight is 522 g/mol. The molecule has 0 aliphatic carbocycles. The number of hydrogen-bond donors (Lipinski definition) is 2. The van der Waals surface area contributed by atoms with Gasteiger partial charge in [0.05, 0.1) is 12.6 Å². The van der Waals surface area contributed by atoms with E-state index < -0.39 is 0 Å². The molecule has 1 aromatic heterocycles. The van der Waals surface area contributed by atoms with Crippen LogP contribution in [-0.4, -0.2) is 17.0 Å². The van der Waals surface area contributed by atoms with Crippen LogP contribution in [0.4, 0.5) is 10.1 Å². The fraction of sp³-hybridized carbons (Fsp3) is 0.182. The van der Waals surface area contributed by atoms with Gasteiger partial charge in [0, 0.05) is 24.0 Å². The van der Waals surface area contributed by atoms with Gasteiger partial charge in [-0.2, -0.15) is 0 Å². The van der Waals surface area contributed by atoms with Gasteiger partial charge in [-0.3, -0.25) is 0 Å². The molecule has 3 rings (SSSR count). The molecule has 1 heterocycles. The van der Waals surface area contributed by atoms with Gasteiger partial charge in [-0.05, 0) is 55.8 Å². The minimum absolute atomic E-state index is 0. The second-order valence-electron chi connectivity index (χ2n) is 6.58. The van der Waals surface area contributed by atoms with Gasteiger partial charge in [-0.15, -0.1) is 24.0 Å². The van der Waals surface area contributed by atoms with Crippen molar-refractivity contribution in [3.63, 3.8) is 0 Å². The molecule has 3 aromatic rings. The zero-order valence-electron chi connectivity index (χ0n) is 16.7. The summed E-state index contributed by atoms with van der Waals surface area (Å²) >= 11 is 0. The predicted octanol–water partition coefficient (Wildman–Crippen LogP) is 5.35. The number of halogens is 2. The highest BCUT2D eigenvalue weighted by Gasteiger charge is 2.02. The number of guanidine groups is 1.